The Balaban J connectivity index is 0.00000180. The Morgan fingerprint density at radius 1 is 1.16 bits per heavy atom. The van der Waals surface area contributed by atoms with Crippen LogP contribution in [0.2, 0.25) is 0 Å². The average molecular weight is 262 g/mol. The molecule has 104 valence electrons. The van der Waals surface area contributed by atoms with Crippen molar-refractivity contribution >= 4 is 5.82 Å². The molecule has 0 amide bonds. The van der Waals surface area contributed by atoms with Crippen LogP contribution in [0.1, 0.15) is 24.1 Å². The van der Waals surface area contributed by atoms with E-state index in [9.17, 15) is 4.79 Å². The standard InChI is InChI=1S/C13H18N4O.CH4/c1-7-6-8(2)13(18)16(4)11(7)10-9(3)12(14)17(5)15-10;/h6H,14H2,1-5H3;1H4. The summed E-state index contributed by atoms with van der Waals surface area (Å²) in [6.45, 7) is 5.71. The first-order valence-corrected chi connectivity index (χ1v) is 5.81. The van der Waals surface area contributed by atoms with Gasteiger partial charge >= 0.3 is 0 Å². The minimum absolute atomic E-state index is 0. The van der Waals surface area contributed by atoms with Crippen LogP contribution in [0, 0.1) is 20.8 Å². The van der Waals surface area contributed by atoms with Crippen molar-refractivity contribution in [3.05, 3.63) is 33.1 Å². The van der Waals surface area contributed by atoms with Gasteiger partial charge in [0.05, 0.1) is 5.69 Å². The molecule has 0 saturated carbocycles. The van der Waals surface area contributed by atoms with Gasteiger partial charge < -0.3 is 10.3 Å². The van der Waals surface area contributed by atoms with Crippen molar-refractivity contribution in [1.82, 2.24) is 14.3 Å². The van der Waals surface area contributed by atoms with Gasteiger partial charge in [-0.1, -0.05) is 7.43 Å². The van der Waals surface area contributed by atoms with E-state index >= 15 is 0 Å². The zero-order chi connectivity index (χ0) is 13.6. The van der Waals surface area contributed by atoms with Crippen molar-refractivity contribution in [3.8, 4) is 11.4 Å². The zero-order valence-corrected chi connectivity index (χ0v) is 11.4. The van der Waals surface area contributed by atoms with Gasteiger partial charge in [-0.25, -0.2) is 0 Å². The number of nitrogen functional groups attached to an aromatic ring is 1. The van der Waals surface area contributed by atoms with Gasteiger partial charge in [0.2, 0.25) is 0 Å². The van der Waals surface area contributed by atoms with Gasteiger partial charge in [-0.15, -0.1) is 0 Å². The summed E-state index contributed by atoms with van der Waals surface area (Å²) in [5.74, 6) is 0.623. The second-order valence-electron chi connectivity index (χ2n) is 4.71. The molecule has 0 unspecified atom stereocenters. The van der Waals surface area contributed by atoms with Crippen molar-refractivity contribution in [3.63, 3.8) is 0 Å². The molecule has 5 heteroatoms. The van der Waals surface area contributed by atoms with Crippen LogP contribution < -0.4 is 11.3 Å². The summed E-state index contributed by atoms with van der Waals surface area (Å²) in [5.41, 5.74) is 10.2. The number of nitrogens with two attached hydrogens (primary N) is 1. The van der Waals surface area contributed by atoms with Gasteiger partial charge in [-0.3, -0.25) is 9.48 Å². The fourth-order valence-electron chi connectivity index (χ4n) is 2.30. The fraction of sp³-hybridized carbons (Fsp3) is 0.429. The lowest BCUT2D eigenvalue weighted by molar-refractivity contribution is 0.772. The highest BCUT2D eigenvalue weighted by atomic mass is 16.1. The van der Waals surface area contributed by atoms with Crippen LogP contribution in [0.25, 0.3) is 11.4 Å². The number of nitrogens with zero attached hydrogens (tertiary/aromatic N) is 3. The first-order chi connectivity index (χ1) is 8.34. The predicted octanol–water partition coefficient (Wildman–Crippen LogP) is 1.93. The third-order valence-electron chi connectivity index (χ3n) is 3.35. The Kier molecular flexibility index (Phi) is 3.88. The maximum Gasteiger partial charge on any atom is 0.253 e. The molecule has 5 nitrogen and oxygen atoms in total. The molecule has 0 aromatic carbocycles. The third-order valence-corrected chi connectivity index (χ3v) is 3.35. The Bertz CT molecular complexity index is 680. The number of anilines is 1. The monoisotopic (exact) mass is 262 g/mol. The summed E-state index contributed by atoms with van der Waals surface area (Å²) in [6.07, 6.45) is 0. The quantitative estimate of drug-likeness (QED) is 0.854. The molecule has 2 aromatic rings. The highest BCUT2D eigenvalue weighted by Crippen LogP contribution is 2.27. The largest absolute Gasteiger partial charge is 0.384 e. The maximum absolute atomic E-state index is 12.0. The van der Waals surface area contributed by atoms with E-state index in [1.165, 1.54) is 0 Å². The van der Waals surface area contributed by atoms with Crippen molar-refractivity contribution in [2.24, 2.45) is 14.1 Å². The van der Waals surface area contributed by atoms with E-state index in [2.05, 4.69) is 5.10 Å². The Morgan fingerprint density at radius 3 is 2.21 bits per heavy atom. The molecule has 0 fully saturated rings. The van der Waals surface area contributed by atoms with Gasteiger partial charge in [0.1, 0.15) is 11.5 Å². The molecule has 0 atom stereocenters. The van der Waals surface area contributed by atoms with Crippen LogP contribution in [-0.2, 0) is 14.1 Å². The smallest absolute Gasteiger partial charge is 0.253 e. The normalized spacial score (nSPS) is 10.4. The highest BCUT2D eigenvalue weighted by molar-refractivity contribution is 5.68. The molecule has 0 saturated heterocycles. The molecule has 2 heterocycles. The number of aryl methyl sites for hydroxylation is 3. The van der Waals surface area contributed by atoms with Crippen LogP contribution in [-0.4, -0.2) is 14.3 Å². The van der Waals surface area contributed by atoms with E-state index in [0.717, 1.165) is 28.1 Å². The molecule has 2 N–H and O–H groups in total. The van der Waals surface area contributed by atoms with Crippen molar-refractivity contribution < 1.29 is 0 Å². The lowest BCUT2D eigenvalue weighted by Gasteiger charge is -2.11. The molecule has 0 aliphatic heterocycles. The number of pyridine rings is 1. The fourth-order valence-corrected chi connectivity index (χ4v) is 2.30. The SMILES string of the molecule is C.Cc1cc(C)c(=O)n(C)c1-c1nn(C)c(N)c1C. The minimum Gasteiger partial charge on any atom is -0.384 e. The zero-order valence-electron chi connectivity index (χ0n) is 11.4. The minimum atomic E-state index is -0.000718. The second kappa shape index (κ2) is 4.91. The van der Waals surface area contributed by atoms with Gasteiger partial charge in [-0.2, -0.15) is 5.10 Å². The van der Waals surface area contributed by atoms with E-state index in [0.29, 0.717) is 5.82 Å². The average Bonchev–Trinajstić information content (AvgIpc) is 2.55. The van der Waals surface area contributed by atoms with Crippen LogP contribution >= 0.6 is 0 Å². The number of aromatic nitrogens is 3. The molecule has 19 heavy (non-hydrogen) atoms. The van der Waals surface area contributed by atoms with Crippen molar-refractivity contribution in [2.75, 3.05) is 5.73 Å². The Labute approximate surface area is 113 Å². The summed E-state index contributed by atoms with van der Waals surface area (Å²) in [6, 6.07) is 1.89. The van der Waals surface area contributed by atoms with Gasteiger partial charge in [0, 0.05) is 25.2 Å². The van der Waals surface area contributed by atoms with E-state index in [-0.39, 0.29) is 13.0 Å². The van der Waals surface area contributed by atoms with Crippen molar-refractivity contribution in [1.29, 1.82) is 0 Å². The molecule has 0 aliphatic rings. The van der Waals surface area contributed by atoms with E-state index in [1.54, 1.807) is 23.3 Å². The van der Waals surface area contributed by atoms with Crippen LogP contribution in [0.3, 0.4) is 0 Å². The molecular weight excluding hydrogens is 240 g/mol. The predicted molar refractivity (Wildman–Crippen MR) is 79.2 cm³/mol. The Hall–Kier alpha value is -2.04. The Morgan fingerprint density at radius 2 is 1.74 bits per heavy atom. The molecule has 0 bridgehead atoms. The van der Waals surface area contributed by atoms with Crippen LogP contribution in [0.4, 0.5) is 5.82 Å². The molecule has 0 spiro atoms. The summed E-state index contributed by atoms with van der Waals surface area (Å²) >= 11 is 0. The summed E-state index contributed by atoms with van der Waals surface area (Å²) in [5, 5.41) is 4.40. The topological polar surface area (TPSA) is 65.8 Å². The molecule has 2 rings (SSSR count). The number of rotatable bonds is 1. The first kappa shape index (κ1) is 15.0. The van der Waals surface area contributed by atoms with Crippen molar-refractivity contribution in [2.45, 2.75) is 28.2 Å². The third kappa shape index (κ3) is 2.16. The first-order valence-electron chi connectivity index (χ1n) is 5.81. The molecule has 0 radical (unpaired) electrons. The molecular formula is C14H22N4O. The lowest BCUT2D eigenvalue weighted by Crippen LogP contribution is -2.22. The number of hydrogen-bond donors (Lipinski definition) is 1. The van der Waals surface area contributed by atoms with Crippen LogP contribution in [0.5, 0.6) is 0 Å². The lowest BCUT2D eigenvalue weighted by atomic mass is 10.1. The van der Waals surface area contributed by atoms with Gasteiger partial charge in [0.25, 0.3) is 5.56 Å². The van der Waals surface area contributed by atoms with Crippen LogP contribution in [0.15, 0.2) is 10.9 Å². The summed E-state index contributed by atoms with van der Waals surface area (Å²) in [7, 11) is 3.56. The van der Waals surface area contributed by atoms with E-state index in [1.807, 2.05) is 26.8 Å². The summed E-state index contributed by atoms with van der Waals surface area (Å²) < 4.78 is 3.27. The highest BCUT2D eigenvalue weighted by Gasteiger charge is 2.17. The molecule has 0 aliphatic carbocycles. The molecule has 2 aromatic heterocycles. The number of hydrogen-bond acceptors (Lipinski definition) is 3. The van der Waals surface area contributed by atoms with Gasteiger partial charge in [0.15, 0.2) is 0 Å². The maximum atomic E-state index is 12.0. The van der Waals surface area contributed by atoms with Gasteiger partial charge in [-0.05, 0) is 32.4 Å². The van der Waals surface area contributed by atoms with E-state index in [4.69, 9.17) is 5.73 Å². The second-order valence-corrected chi connectivity index (χ2v) is 4.71. The summed E-state index contributed by atoms with van der Waals surface area (Å²) in [4.78, 5) is 12.0. The van der Waals surface area contributed by atoms with E-state index < -0.39 is 0 Å².